The first-order valence-electron chi connectivity index (χ1n) is 6.39. The molecule has 1 aromatic heterocycles. The molecule has 0 saturated carbocycles. The van der Waals surface area contributed by atoms with Gasteiger partial charge in [0.2, 0.25) is 0 Å². The highest BCUT2D eigenvalue weighted by Crippen LogP contribution is 2.29. The second-order valence-corrected chi connectivity index (χ2v) is 5.17. The van der Waals surface area contributed by atoms with Crippen molar-refractivity contribution < 1.29 is 4.74 Å². The Kier molecular flexibility index (Phi) is 4.48. The summed E-state index contributed by atoms with van der Waals surface area (Å²) in [6, 6.07) is 14.7. The van der Waals surface area contributed by atoms with E-state index in [0.717, 1.165) is 10.3 Å². The van der Waals surface area contributed by atoms with E-state index in [0.29, 0.717) is 12.4 Å². The summed E-state index contributed by atoms with van der Waals surface area (Å²) < 4.78 is 8.75. The minimum atomic E-state index is 0.220. The first-order valence-corrected chi connectivity index (χ1v) is 7.18. The average Bonchev–Trinajstić information content (AvgIpc) is 2.81. The van der Waals surface area contributed by atoms with E-state index in [1.54, 1.807) is 0 Å². The molecule has 2 nitrogen and oxygen atoms in total. The molecule has 2 rings (SSSR count). The van der Waals surface area contributed by atoms with Crippen molar-refractivity contribution in [3.05, 3.63) is 64.9 Å². The highest BCUT2D eigenvalue weighted by molar-refractivity contribution is 9.10. The summed E-state index contributed by atoms with van der Waals surface area (Å²) in [6.45, 7) is 8.76. The number of benzene rings is 1. The lowest BCUT2D eigenvalue weighted by molar-refractivity contribution is 0.295. The second-order valence-electron chi connectivity index (χ2n) is 4.35. The van der Waals surface area contributed by atoms with Crippen molar-refractivity contribution in [1.29, 1.82) is 0 Å². The van der Waals surface area contributed by atoms with Crippen LogP contribution in [0.5, 0.6) is 0 Å². The van der Waals surface area contributed by atoms with E-state index in [9.17, 15) is 0 Å². The zero-order chi connectivity index (χ0) is 13.8. The maximum Gasteiger partial charge on any atom is 0.135 e. The second kappa shape index (κ2) is 6.11. The maximum atomic E-state index is 5.53. The van der Waals surface area contributed by atoms with Gasteiger partial charge in [-0.3, -0.25) is 0 Å². The Morgan fingerprint density at radius 3 is 2.58 bits per heavy atom. The van der Waals surface area contributed by atoms with E-state index in [4.69, 9.17) is 4.74 Å². The van der Waals surface area contributed by atoms with Crippen LogP contribution in [0.3, 0.4) is 0 Å². The summed E-state index contributed by atoms with van der Waals surface area (Å²) in [4.78, 5) is 0. The van der Waals surface area contributed by atoms with Crippen LogP contribution in [0.4, 0.5) is 0 Å². The van der Waals surface area contributed by atoms with Crippen molar-refractivity contribution in [2.45, 2.75) is 19.9 Å². The van der Waals surface area contributed by atoms with Gasteiger partial charge < -0.3 is 9.30 Å². The fourth-order valence-electron chi connectivity index (χ4n) is 2.17. The van der Waals surface area contributed by atoms with Gasteiger partial charge in [0.05, 0.1) is 22.9 Å². The van der Waals surface area contributed by atoms with Crippen LogP contribution in [0.15, 0.2) is 53.6 Å². The van der Waals surface area contributed by atoms with Crippen molar-refractivity contribution in [2.24, 2.45) is 0 Å². The Hall–Kier alpha value is -1.48. The molecule has 0 saturated heterocycles. The van der Waals surface area contributed by atoms with Crippen LogP contribution in [0, 0.1) is 0 Å². The van der Waals surface area contributed by atoms with Crippen LogP contribution in [-0.4, -0.2) is 11.2 Å². The SMILES string of the molecule is C=C(OCC)c1ccc(Br)n1[C@H](C)c1ccccc1. The Labute approximate surface area is 122 Å². The van der Waals surface area contributed by atoms with Gasteiger partial charge in [-0.15, -0.1) is 0 Å². The topological polar surface area (TPSA) is 14.2 Å². The van der Waals surface area contributed by atoms with Crippen molar-refractivity contribution in [3.63, 3.8) is 0 Å². The number of hydrogen-bond donors (Lipinski definition) is 0. The Morgan fingerprint density at radius 2 is 1.95 bits per heavy atom. The fraction of sp³-hybridized carbons (Fsp3) is 0.250. The van der Waals surface area contributed by atoms with Gasteiger partial charge in [0, 0.05) is 0 Å². The molecule has 100 valence electrons. The minimum absolute atomic E-state index is 0.220. The largest absolute Gasteiger partial charge is 0.492 e. The van der Waals surface area contributed by atoms with Crippen LogP contribution in [0.1, 0.15) is 31.1 Å². The van der Waals surface area contributed by atoms with Crippen molar-refractivity contribution in [1.82, 2.24) is 4.57 Å². The molecule has 0 amide bonds. The van der Waals surface area contributed by atoms with Crippen molar-refractivity contribution in [3.8, 4) is 0 Å². The first kappa shape index (κ1) is 13.9. The number of rotatable bonds is 5. The lowest BCUT2D eigenvalue weighted by Crippen LogP contribution is -2.10. The highest BCUT2D eigenvalue weighted by Gasteiger charge is 2.16. The predicted octanol–water partition coefficient (Wildman–Crippen LogP) is 4.87. The molecular weight excluding hydrogens is 302 g/mol. The molecule has 0 bridgehead atoms. The summed E-state index contributed by atoms with van der Waals surface area (Å²) in [7, 11) is 0. The molecule has 2 aromatic rings. The molecule has 1 heterocycles. The van der Waals surface area contributed by atoms with E-state index in [1.807, 2.05) is 25.1 Å². The van der Waals surface area contributed by atoms with E-state index in [-0.39, 0.29) is 6.04 Å². The Bertz CT molecular complexity index is 559. The molecule has 0 N–H and O–H groups in total. The Balaban J connectivity index is 2.39. The number of aromatic nitrogens is 1. The van der Waals surface area contributed by atoms with Crippen molar-refractivity contribution in [2.75, 3.05) is 6.61 Å². The molecule has 0 fully saturated rings. The van der Waals surface area contributed by atoms with Gasteiger partial charge in [-0.05, 0) is 47.5 Å². The standard InChI is InChI=1S/C16H18BrNO/c1-4-19-13(3)15-10-11-16(17)18(15)12(2)14-8-6-5-7-9-14/h5-12H,3-4H2,1-2H3/t12-/m1/s1. The van der Waals surface area contributed by atoms with Gasteiger partial charge in [0.25, 0.3) is 0 Å². The van der Waals surface area contributed by atoms with Gasteiger partial charge in [0.15, 0.2) is 0 Å². The smallest absolute Gasteiger partial charge is 0.135 e. The van der Waals surface area contributed by atoms with Crippen LogP contribution in [0.2, 0.25) is 0 Å². The molecule has 0 aliphatic carbocycles. The number of halogens is 1. The fourth-order valence-corrected chi connectivity index (χ4v) is 2.80. The van der Waals surface area contributed by atoms with Crippen LogP contribution < -0.4 is 0 Å². The summed E-state index contributed by atoms with van der Waals surface area (Å²) >= 11 is 3.60. The zero-order valence-electron chi connectivity index (χ0n) is 11.3. The van der Waals surface area contributed by atoms with Gasteiger partial charge >= 0.3 is 0 Å². The normalized spacial score (nSPS) is 12.2. The molecule has 1 atom stereocenters. The highest BCUT2D eigenvalue weighted by atomic mass is 79.9. The molecule has 3 heteroatoms. The molecule has 0 spiro atoms. The maximum absolute atomic E-state index is 5.53. The minimum Gasteiger partial charge on any atom is -0.492 e. The zero-order valence-corrected chi connectivity index (χ0v) is 12.9. The molecule has 0 unspecified atom stereocenters. The van der Waals surface area contributed by atoms with Gasteiger partial charge in [0.1, 0.15) is 5.76 Å². The third-order valence-electron chi connectivity index (χ3n) is 3.14. The monoisotopic (exact) mass is 319 g/mol. The lowest BCUT2D eigenvalue weighted by atomic mass is 10.1. The van der Waals surface area contributed by atoms with Crippen LogP contribution >= 0.6 is 15.9 Å². The lowest BCUT2D eigenvalue weighted by Gasteiger charge is -2.20. The van der Waals surface area contributed by atoms with Gasteiger partial charge in [-0.1, -0.05) is 36.9 Å². The van der Waals surface area contributed by atoms with E-state index >= 15 is 0 Å². The van der Waals surface area contributed by atoms with E-state index in [1.165, 1.54) is 5.56 Å². The number of hydrogen-bond acceptors (Lipinski definition) is 1. The predicted molar refractivity (Wildman–Crippen MR) is 83.0 cm³/mol. The van der Waals surface area contributed by atoms with E-state index in [2.05, 4.69) is 58.3 Å². The molecule has 0 aliphatic heterocycles. The molecule has 1 aromatic carbocycles. The Morgan fingerprint density at radius 1 is 1.26 bits per heavy atom. The summed E-state index contributed by atoms with van der Waals surface area (Å²) in [6.07, 6.45) is 0. The molecule has 19 heavy (non-hydrogen) atoms. The third-order valence-corrected chi connectivity index (χ3v) is 3.79. The number of ether oxygens (including phenoxy) is 1. The summed E-state index contributed by atoms with van der Waals surface area (Å²) in [5.74, 6) is 0.705. The van der Waals surface area contributed by atoms with Crippen LogP contribution in [0.25, 0.3) is 5.76 Å². The first-order chi connectivity index (χ1) is 9.15. The molecular formula is C16H18BrNO. The molecule has 0 aliphatic rings. The summed E-state index contributed by atoms with van der Waals surface area (Å²) in [5.41, 5.74) is 2.26. The summed E-state index contributed by atoms with van der Waals surface area (Å²) in [5, 5.41) is 0. The average molecular weight is 320 g/mol. The quantitative estimate of drug-likeness (QED) is 0.717. The van der Waals surface area contributed by atoms with Crippen molar-refractivity contribution >= 4 is 21.7 Å². The van der Waals surface area contributed by atoms with Gasteiger partial charge in [-0.25, -0.2) is 0 Å². The van der Waals surface area contributed by atoms with E-state index < -0.39 is 0 Å². The van der Waals surface area contributed by atoms with Gasteiger partial charge in [-0.2, -0.15) is 0 Å². The molecule has 0 radical (unpaired) electrons. The van der Waals surface area contributed by atoms with Crippen LogP contribution in [-0.2, 0) is 4.74 Å². The third kappa shape index (κ3) is 2.92. The number of nitrogens with zero attached hydrogens (tertiary/aromatic N) is 1.